The molecule has 0 unspecified atom stereocenters. The smallest absolute Gasteiger partial charge is 0.235 e. The highest BCUT2D eigenvalue weighted by Gasteiger charge is 2.36. The largest absolute Gasteiger partial charge is 0.376 e. The molecule has 0 aliphatic heterocycles. The molecule has 0 heterocycles. The molecular formula is C21H15Br2Cl2NO2. The number of carbonyl (C=O) groups is 1. The van der Waals surface area contributed by atoms with E-state index in [9.17, 15) is 9.90 Å². The Morgan fingerprint density at radius 3 is 1.89 bits per heavy atom. The van der Waals surface area contributed by atoms with Crippen molar-refractivity contribution in [1.82, 2.24) is 0 Å². The molecule has 3 nitrogen and oxygen atoms in total. The summed E-state index contributed by atoms with van der Waals surface area (Å²) in [6.45, 7) is 0. The zero-order valence-electron chi connectivity index (χ0n) is 14.4. The van der Waals surface area contributed by atoms with E-state index in [1.54, 1.807) is 66.7 Å². The molecular weight excluding hydrogens is 529 g/mol. The van der Waals surface area contributed by atoms with Gasteiger partial charge < -0.3 is 10.4 Å². The molecule has 0 spiro atoms. The highest BCUT2D eigenvalue weighted by molar-refractivity contribution is 9.10. The Morgan fingerprint density at radius 1 is 0.929 bits per heavy atom. The molecule has 0 radical (unpaired) electrons. The van der Waals surface area contributed by atoms with Crippen molar-refractivity contribution in [2.75, 3.05) is 10.6 Å². The summed E-state index contributed by atoms with van der Waals surface area (Å²) in [5.74, 6) is -0.224. The van der Waals surface area contributed by atoms with Gasteiger partial charge in [-0.1, -0.05) is 79.3 Å². The molecule has 3 aromatic carbocycles. The lowest BCUT2D eigenvalue weighted by Crippen LogP contribution is -2.30. The maximum absolute atomic E-state index is 12.0. The molecule has 2 N–H and O–H groups in total. The van der Waals surface area contributed by atoms with Gasteiger partial charge >= 0.3 is 0 Å². The number of amides is 1. The van der Waals surface area contributed by atoms with Crippen molar-refractivity contribution in [3.8, 4) is 0 Å². The van der Waals surface area contributed by atoms with E-state index in [1.165, 1.54) is 0 Å². The average Bonchev–Trinajstić information content (AvgIpc) is 2.69. The minimum absolute atomic E-state index is 0.142. The third kappa shape index (κ3) is 4.44. The van der Waals surface area contributed by atoms with Gasteiger partial charge in [0.25, 0.3) is 0 Å². The number of rotatable bonds is 5. The lowest BCUT2D eigenvalue weighted by molar-refractivity contribution is -0.113. The van der Waals surface area contributed by atoms with Gasteiger partial charge in [0, 0.05) is 25.8 Å². The summed E-state index contributed by atoms with van der Waals surface area (Å²) in [4.78, 5) is 12.0. The Labute approximate surface area is 189 Å². The van der Waals surface area contributed by atoms with Gasteiger partial charge in [-0.2, -0.15) is 0 Å². The summed E-state index contributed by atoms with van der Waals surface area (Å²) in [6.07, 6.45) is 0. The number of benzene rings is 3. The Kier molecular flexibility index (Phi) is 6.84. The fourth-order valence-electron chi connectivity index (χ4n) is 2.97. The monoisotopic (exact) mass is 541 g/mol. The van der Waals surface area contributed by atoms with Gasteiger partial charge in [-0.25, -0.2) is 0 Å². The zero-order valence-corrected chi connectivity index (χ0v) is 19.1. The van der Waals surface area contributed by atoms with Gasteiger partial charge in [-0.15, -0.1) is 0 Å². The van der Waals surface area contributed by atoms with Crippen LogP contribution in [0.15, 0.2) is 71.2 Å². The second-order valence-electron chi connectivity index (χ2n) is 6.10. The number of aliphatic hydroxyl groups is 1. The number of hydrogen-bond acceptors (Lipinski definition) is 2. The van der Waals surface area contributed by atoms with E-state index >= 15 is 0 Å². The summed E-state index contributed by atoms with van der Waals surface area (Å²) in [6, 6.07) is 19.2. The summed E-state index contributed by atoms with van der Waals surface area (Å²) >= 11 is 18.7. The summed E-state index contributed by atoms with van der Waals surface area (Å²) in [5.41, 5.74) is 0.674. The summed E-state index contributed by atoms with van der Waals surface area (Å²) in [5, 5.41) is 16.1. The third-order valence-electron chi connectivity index (χ3n) is 4.29. The van der Waals surface area contributed by atoms with E-state index in [2.05, 4.69) is 37.2 Å². The summed E-state index contributed by atoms with van der Waals surface area (Å²) < 4.78 is 0.765. The molecule has 0 fully saturated rings. The number of carbonyl (C=O) groups excluding carboxylic acids is 1. The molecule has 0 aliphatic rings. The van der Waals surface area contributed by atoms with Crippen LogP contribution in [0.25, 0.3) is 0 Å². The minimum atomic E-state index is -1.55. The predicted molar refractivity (Wildman–Crippen MR) is 122 cm³/mol. The van der Waals surface area contributed by atoms with Gasteiger partial charge in [0.1, 0.15) is 5.60 Å². The highest BCUT2D eigenvalue weighted by Crippen LogP contribution is 2.42. The van der Waals surface area contributed by atoms with Crippen LogP contribution in [0, 0.1) is 0 Å². The Morgan fingerprint density at radius 2 is 1.43 bits per heavy atom. The van der Waals surface area contributed by atoms with Gasteiger partial charge in [0.2, 0.25) is 5.91 Å². The first kappa shape index (κ1) is 21.3. The van der Waals surface area contributed by atoms with Gasteiger partial charge in [0.15, 0.2) is 0 Å². The van der Waals surface area contributed by atoms with Crippen LogP contribution in [0.2, 0.25) is 10.0 Å². The normalized spacial score (nSPS) is 11.3. The molecule has 1 amide bonds. The second kappa shape index (κ2) is 8.97. The predicted octanol–water partition coefficient (Wildman–Crippen LogP) is 6.37. The fraction of sp³-hybridized carbons (Fsp3) is 0.0952. The van der Waals surface area contributed by atoms with E-state index in [-0.39, 0.29) is 11.2 Å². The highest BCUT2D eigenvalue weighted by atomic mass is 79.9. The molecule has 0 atom stereocenters. The van der Waals surface area contributed by atoms with E-state index in [4.69, 9.17) is 23.2 Å². The average molecular weight is 544 g/mol. The van der Waals surface area contributed by atoms with Crippen molar-refractivity contribution in [3.63, 3.8) is 0 Å². The molecule has 7 heteroatoms. The van der Waals surface area contributed by atoms with Crippen LogP contribution in [0.5, 0.6) is 0 Å². The standard InChI is InChI=1S/C21H15Br2Cl2NO2/c22-12-20(27)26-19-10-5-15(23)11-18(19)21(28,13-1-6-16(24)7-2-13)14-3-8-17(25)9-4-14/h1-11,28H,12H2,(H,26,27). The summed E-state index contributed by atoms with van der Waals surface area (Å²) in [7, 11) is 0. The Balaban J connectivity index is 2.28. The second-order valence-corrected chi connectivity index (χ2v) is 8.45. The Bertz CT molecular complexity index is 947. The topological polar surface area (TPSA) is 49.3 Å². The lowest BCUT2D eigenvalue weighted by Gasteiger charge is -2.32. The van der Waals surface area contributed by atoms with E-state index in [0.29, 0.717) is 32.4 Å². The number of nitrogens with one attached hydrogen (secondary N) is 1. The van der Waals surface area contributed by atoms with E-state index in [1.807, 2.05) is 0 Å². The number of alkyl halides is 1. The van der Waals surface area contributed by atoms with Crippen molar-refractivity contribution in [2.24, 2.45) is 0 Å². The fourth-order valence-corrected chi connectivity index (χ4v) is 3.72. The van der Waals surface area contributed by atoms with E-state index in [0.717, 1.165) is 4.47 Å². The van der Waals surface area contributed by atoms with Crippen LogP contribution in [-0.2, 0) is 10.4 Å². The first-order valence-corrected chi connectivity index (χ1v) is 10.9. The molecule has 0 saturated heterocycles. The van der Waals surface area contributed by atoms with Gasteiger partial charge in [-0.3, -0.25) is 4.79 Å². The SMILES string of the molecule is O=C(CBr)Nc1ccc(Br)cc1C(O)(c1ccc(Cl)cc1)c1ccc(Cl)cc1. The first-order chi connectivity index (χ1) is 13.3. The van der Waals surface area contributed by atoms with Crippen molar-refractivity contribution >= 4 is 66.7 Å². The third-order valence-corrected chi connectivity index (χ3v) is 5.80. The Hall–Kier alpha value is -1.37. The molecule has 0 aliphatic carbocycles. The maximum atomic E-state index is 12.0. The van der Waals surface area contributed by atoms with Crippen molar-refractivity contribution in [2.45, 2.75) is 5.60 Å². The quantitative estimate of drug-likeness (QED) is 0.290. The van der Waals surface area contributed by atoms with Crippen LogP contribution < -0.4 is 5.32 Å². The van der Waals surface area contributed by atoms with Crippen LogP contribution >= 0.6 is 55.1 Å². The van der Waals surface area contributed by atoms with Crippen LogP contribution in [0.1, 0.15) is 16.7 Å². The van der Waals surface area contributed by atoms with Gasteiger partial charge in [-0.05, 0) is 53.6 Å². The van der Waals surface area contributed by atoms with Crippen LogP contribution in [-0.4, -0.2) is 16.3 Å². The van der Waals surface area contributed by atoms with E-state index < -0.39 is 5.60 Å². The van der Waals surface area contributed by atoms with Crippen LogP contribution in [0.3, 0.4) is 0 Å². The number of hydrogen-bond donors (Lipinski definition) is 2. The number of halogens is 4. The number of anilines is 1. The molecule has 0 saturated carbocycles. The molecule has 144 valence electrons. The molecule has 3 rings (SSSR count). The van der Waals surface area contributed by atoms with Crippen LogP contribution in [0.4, 0.5) is 5.69 Å². The minimum Gasteiger partial charge on any atom is -0.376 e. The van der Waals surface area contributed by atoms with Gasteiger partial charge in [0.05, 0.1) is 5.33 Å². The lowest BCUT2D eigenvalue weighted by atomic mass is 9.79. The first-order valence-electron chi connectivity index (χ1n) is 8.25. The van der Waals surface area contributed by atoms with Crippen molar-refractivity contribution in [3.05, 3.63) is 97.9 Å². The molecule has 28 heavy (non-hydrogen) atoms. The molecule has 0 aromatic heterocycles. The molecule has 0 bridgehead atoms. The molecule has 3 aromatic rings. The van der Waals surface area contributed by atoms with Crippen molar-refractivity contribution in [1.29, 1.82) is 0 Å². The maximum Gasteiger partial charge on any atom is 0.235 e. The zero-order chi connectivity index (χ0) is 20.3. The van der Waals surface area contributed by atoms with Crippen molar-refractivity contribution < 1.29 is 9.90 Å².